The molecule has 0 aromatic heterocycles. The highest BCUT2D eigenvalue weighted by Crippen LogP contribution is 2.35. The first-order chi connectivity index (χ1) is 10.0. The van der Waals surface area contributed by atoms with Crippen LogP contribution in [-0.4, -0.2) is 11.8 Å². The van der Waals surface area contributed by atoms with E-state index >= 15 is 0 Å². The molecule has 5 heteroatoms. The van der Waals surface area contributed by atoms with Crippen LogP contribution in [0.3, 0.4) is 0 Å². The van der Waals surface area contributed by atoms with E-state index in [1.165, 1.54) is 12.1 Å². The Hall–Kier alpha value is -0.280. The fourth-order valence-electron chi connectivity index (χ4n) is 2.25. The van der Waals surface area contributed by atoms with Gasteiger partial charge in [-0.2, -0.15) is 0 Å². The Morgan fingerprint density at radius 2 is 1.76 bits per heavy atom. The molecule has 0 saturated carbocycles. The molecule has 0 saturated heterocycles. The number of halogens is 5. The Kier molecular flexibility index (Phi) is 5.96. The van der Waals surface area contributed by atoms with Crippen molar-refractivity contribution in [3.63, 3.8) is 0 Å². The topological polar surface area (TPSA) is 0 Å². The van der Waals surface area contributed by atoms with Crippen LogP contribution in [0.5, 0.6) is 0 Å². The average Bonchev–Trinajstić information content (AvgIpc) is 2.48. The van der Waals surface area contributed by atoms with Gasteiger partial charge in [-0.05, 0) is 47.9 Å². The van der Waals surface area contributed by atoms with E-state index in [1.54, 1.807) is 6.07 Å². The predicted molar refractivity (Wildman–Crippen MR) is 92.4 cm³/mol. The van der Waals surface area contributed by atoms with Gasteiger partial charge in [0.1, 0.15) is 5.82 Å². The summed E-state index contributed by atoms with van der Waals surface area (Å²) >= 11 is 22.1. The maximum Gasteiger partial charge on any atom is 0.123 e. The molecule has 2 aromatic carbocycles. The Morgan fingerprint density at radius 1 is 1.05 bits per heavy atom. The van der Waals surface area contributed by atoms with Gasteiger partial charge < -0.3 is 0 Å². The molecule has 0 aliphatic rings. The van der Waals surface area contributed by atoms with Crippen LogP contribution in [0, 0.1) is 5.82 Å². The lowest BCUT2D eigenvalue weighted by atomic mass is 9.78. The molecule has 0 fully saturated rings. The average molecular weight is 411 g/mol. The van der Waals surface area contributed by atoms with Crippen molar-refractivity contribution in [3.05, 3.63) is 68.9 Å². The molecule has 0 radical (unpaired) electrons. The van der Waals surface area contributed by atoms with Crippen LogP contribution in [0.2, 0.25) is 5.02 Å². The van der Waals surface area contributed by atoms with Crippen molar-refractivity contribution in [1.82, 2.24) is 0 Å². The van der Waals surface area contributed by atoms with E-state index in [-0.39, 0.29) is 5.82 Å². The molecule has 21 heavy (non-hydrogen) atoms. The molecule has 0 amide bonds. The van der Waals surface area contributed by atoms with E-state index in [0.29, 0.717) is 28.8 Å². The lowest BCUT2D eigenvalue weighted by Gasteiger charge is -2.31. The summed E-state index contributed by atoms with van der Waals surface area (Å²) in [5.41, 5.74) is 1.21. The summed E-state index contributed by atoms with van der Waals surface area (Å²) in [6.07, 6.45) is 0.479. The van der Waals surface area contributed by atoms with Crippen LogP contribution in [-0.2, 0) is 11.8 Å². The Balaban J connectivity index is 2.45. The molecule has 0 bridgehead atoms. The lowest BCUT2D eigenvalue weighted by Crippen LogP contribution is -2.33. The minimum absolute atomic E-state index is 0.318. The standard InChI is InChI=1S/C16H13BrCl3F/c17-13-3-1-2-12(7-13)16(9-18,10-19)8-11-6-14(21)4-5-15(11)20/h1-7H,8-10H2. The Labute approximate surface area is 147 Å². The van der Waals surface area contributed by atoms with Gasteiger partial charge in [0.25, 0.3) is 0 Å². The van der Waals surface area contributed by atoms with Crippen molar-refractivity contribution in [2.75, 3.05) is 11.8 Å². The number of hydrogen-bond acceptors (Lipinski definition) is 0. The fourth-order valence-corrected chi connectivity index (χ4v) is 3.62. The number of rotatable bonds is 5. The van der Waals surface area contributed by atoms with Gasteiger partial charge in [0.2, 0.25) is 0 Å². The first-order valence-electron chi connectivity index (χ1n) is 6.33. The second kappa shape index (κ2) is 7.32. The van der Waals surface area contributed by atoms with Crippen molar-refractivity contribution in [3.8, 4) is 0 Å². The van der Waals surface area contributed by atoms with E-state index in [0.717, 1.165) is 10.0 Å². The molecule has 0 spiro atoms. The first kappa shape index (κ1) is 17.1. The molecule has 112 valence electrons. The van der Waals surface area contributed by atoms with Crippen molar-refractivity contribution in [1.29, 1.82) is 0 Å². The second-order valence-corrected chi connectivity index (χ2v) is 6.83. The van der Waals surface area contributed by atoms with Crippen LogP contribution in [0.1, 0.15) is 11.1 Å². The number of benzene rings is 2. The second-order valence-electron chi connectivity index (χ2n) is 4.97. The molecule has 0 unspecified atom stereocenters. The summed E-state index contributed by atoms with van der Waals surface area (Å²) in [6.45, 7) is 0. The molecule has 2 aromatic rings. The minimum atomic E-state index is -0.496. The molecule has 0 heterocycles. The largest absolute Gasteiger partial charge is 0.207 e. The predicted octanol–water partition coefficient (Wildman–Crippen LogP) is 6.20. The van der Waals surface area contributed by atoms with Crippen LogP contribution in [0.15, 0.2) is 46.9 Å². The summed E-state index contributed by atoms with van der Waals surface area (Å²) in [5, 5.41) is 0.519. The summed E-state index contributed by atoms with van der Waals surface area (Å²) in [6, 6.07) is 12.2. The molecule has 0 atom stereocenters. The Bertz CT molecular complexity index is 627. The third-order valence-corrected chi connectivity index (χ3v) is 5.37. The zero-order valence-electron chi connectivity index (χ0n) is 11.1. The summed E-state index contributed by atoms with van der Waals surface area (Å²) in [5.74, 6) is 0.321. The Morgan fingerprint density at radius 3 is 2.38 bits per heavy atom. The normalized spacial score (nSPS) is 11.7. The van der Waals surface area contributed by atoms with Crippen LogP contribution < -0.4 is 0 Å². The highest BCUT2D eigenvalue weighted by molar-refractivity contribution is 9.10. The summed E-state index contributed by atoms with van der Waals surface area (Å²) in [4.78, 5) is 0. The van der Waals surface area contributed by atoms with E-state index in [9.17, 15) is 4.39 Å². The molecule has 0 N–H and O–H groups in total. The minimum Gasteiger partial charge on any atom is -0.207 e. The van der Waals surface area contributed by atoms with Gasteiger partial charge in [-0.1, -0.05) is 39.7 Å². The quantitative estimate of drug-likeness (QED) is 0.515. The van der Waals surface area contributed by atoms with Gasteiger partial charge in [0, 0.05) is 26.7 Å². The highest BCUT2D eigenvalue weighted by atomic mass is 79.9. The van der Waals surface area contributed by atoms with Crippen LogP contribution in [0.25, 0.3) is 0 Å². The van der Waals surface area contributed by atoms with Gasteiger partial charge >= 0.3 is 0 Å². The molecule has 0 nitrogen and oxygen atoms in total. The SMILES string of the molecule is Fc1ccc(Cl)c(CC(CCl)(CCl)c2cccc(Br)c2)c1. The summed E-state index contributed by atoms with van der Waals surface area (Å²) in [7, 11) is 0. The first-order valence-corrected chi connectivity index (χ1v) is 8.57. The molecule has 0 aliphatic heterocycles. The molecular weight excluding hydrogens is 397 g/mol. The van der Waals surface area contributed by atoms with Crippen LogP contribution >= 0.6 is 50.7 Å². The van der Waals surface area contributed by atoms with E-state index in [2.05, 4.69) is 15.9 Å². The monoisotopic (exact) mass is 408 g/mol. The zero-order valence-corrected chi connectivity index (χ0v) is 14.9. The van der Waals surface area contributed by atoms with Gasteiger partial charge in [0.05, 0.1) is 0 Å². The third-order valence-electron chi connectivity index (χ3n) is 3.49. The molecular formula is C16H13BrCl3F. The van der Waals surface area contributed by atoms with Crippen molar-refractivity contribution >= 4 is 50.7 Å². The van der Waals surface area contributed by atoms with Gasteiger partial charge in [-0.3, -0.25) is 0 Å². The third kappa shape index (κ3) is 3.92. The van der Waals surface area contributed by atoms with E-state index in [4.69, 9.17) is 34.8 Å². The van der Waals surface area contributed by atoms with Gasteiger partial charge in [-0.25, -0.2) is 4.39 Å². The van der Waals surface area contributed by atoms with Gasteiger partial charge in [-0.15, -0.1) is 23.2 Å². The maximum atomic E-state index is 13.5. The number of alkyl halides is 2. The summed E-state index contributed by atoms with van der Waals surface area (Å²) < 4.78 is 14.4. The van der Waals surface area contributed by atoms with Crippen molar-refractivity contribution in [2.45, 2.75) is 11.8 Å². The van der Waals surface area contributed by atoms with E-state index < -0.39 is 5.41 Å². The fraction of sp³-hybridized carbons (Fsp3) is 0.250. The van der Waals surface area contributed by atoms with Crippen LogP contribution in [0.4, 0.5) is 4.39 Å². The zero-order chi connectivity index (χ0) is 15.5. The van der Waals surface area contributed by atoms with Crippen molar-refractivity contribution < 1.29 is 4.39 Å². The highest BCUT2D eigenvalue weighted by Gasteiger charge is 2.32. The van der Waals surface area contributed by atoms with Crippen molar-refractivity contribution in [2.24, 2.45) is 0 Å². The lowest BCUT2D eigenvalue weighted by molar-refractivity contribution is 0.532. The van der Waals surface area contributed by atoms with Gasteiger partial charge in [0.15, 0.2) is 0 Å². The smallest absolute Gasteiger partial charge is 0.123 e. The number of hydrogen-bond donors (Lipinski definition) is 0. The molecule has 2 rings (SSSR count). The van der Waals surface area contributed by atoms with E-state index in [1.807, 2.05) is 24.3 Å². The maximum absolute atomic E-state index is 13.5. The molecule has 0 aliphatic carbocycles.